The van der Waals surface area contributed by atoms with Crippen LogP contribution >= 0.6 is 0 Å². The molecule has 0 atom stereocenters. The molecule has 0 aliphatic heterocycles. The summed E-state index contributed by atoms with van der Waals surface area (Å²) >= 11 is 0. The standard InChI is InChI=1S/C23H25NO5/c1-14-18-8-9-20(28-4)15(2)22(18)29-23(26)19(14)13-21(25)24-11-10-16-6-5-7-17(12-16)27-3/h5-9,12H,10-11,13H2,1-4H3,(H,24,25). The molecule has 0 fully saturated rings. The predicted molar refractivity (Wildman–Crippen MR) is 112 cm³/mol. The van der Waals surface area contributed by atoms with Gasteiger partial charge in [-0.15, -0.1) is 0 Å². The molecule has 6 heteroatoms. The van der Waals surface area contributed by atoms with Crippen molar-refractivity contribution in [1.82, 2.24) is 5.32 Å². The van der Waals surface area contributed by atoms with Crippen LogP contribution in [-0.4, -0.2) is 26.7 Å². The molecule has 29 heavy (non-hydrogen) atoms. The van der Waals surface area contributed by atoms with Crippen LogP contribution in [0.15, 0.2) is 45.6 Å². The zero-order valence-corrected chi connectivity index (χ0v) is 17.1. The molecule has 0 bridgehead atoms. The Hall–Kier alpha value is -3.28. The van der Waals surface area contributed by atoms with E-state index in [-0.39, 0.29) is 12.3 Å². The van der Waals surface area contributed by atoms with Crippen molar-refractivity contribution in [2.24, 2.45) is 0 Å². The first-order valence-electron chi connectivity index (χ1n) is 9.44. The fraction of sp³-hybridized carbons (Fsp3) is 0.304. The molecular formula is C23H25NO5. The second-order valence-electron chi connectivity index (χ2n) is 6.89. The van der Waals surface area contributed by atoms with Crippen LogP contribution in [0.3, 0.4) is 0 Å². The fourth-order valence-electron chi connectivity index (χ4n) is 3.39. The Labute approximate surface area is 169 Å². The Morgan fingerprint density at radius 2 is 1.86 bits per heavy atom. The van der Waals surface area contributed by atoms with Crippen molar-refractivity contribution in [2.75, 3.05) is 20.8 Å². The van der Waals surface area contributed by atoms with Gasteiger partial charge in [-0.3, -0.25) is 4.79 Å². The number of hydrogen-bond acceptors (Lipinski definition) is 5. The molecule has 0 unspecified atom stereocenters. The van der Waals surface area contributed by atoms with E-state index in [4.69, 9.17) is 13.9 Å². The van der Waals surface area contributed by atoms with Crippen LogP contribution in [0.4, 0.5) is 0 Å². The maximum Gasteiger partial charge on any atom is 0.340 e. The smallest absolute Gasteiger partial charge is 0.340 e. The van der Waals surface area contributed by atoms with Gasteiger partial charge >= 0.3 is 5.63 Å². The molecule has 0 aliphatic rings. The van der Waals surface area contributed by atoms with Gasteiger partial charge in [0.2, 0.25) is 5.91 Å². The number of benzene rings is 2. The highest BCUT2D eigenvalue weighted by atomic mass is 16.5. The second-order valence-corrected chi connectivity index (χ2v) is 6.89. The maximum absolute atomic E-state index is 12.5. The lowest BCUT2D eigenvalue weighted by Crippen LogP contribution is -2.29. The number of fused-ring (bicyclic) bond motifs is 1. The minimum Gasteiger partial charge on any atom is -0.497 e. The summed E-state index contributed by atoms with van der Waals surface area (Å²) in [6.45, 7) is 4.15. The quantitative estimate of drug-likeness (QED) is 0.621. The van der Waals surface area contributed by atoms with Crippen molar-refractivity contribution in [1.29, 1.82) is 0 Å². The predicted octanol–water partition coefficient (Wildman–Crippen LogP) is 3.33. The van der Waals surface area contributed by atoms with Gasteiger partial charge in [0.25, 0.3) is 0 Å². The number of methoxy groups -OCH3 is 2. The molecule has 0 spiro atoms. The molecule has 1 aromatic heterocycles. The number of nitrogens with one attached hydrogen (secondary N) is 1. The normalized spacial score (nSPS) is 10.8. The lowest BCUT2D eigenvalue weighted by Gasteiger charge is -2.12. The van der Waals surface area contributed by atoms with E-state index in [9.17, 15) is 9.59 Å². The molecular weight excluding hydrogens is 370 g/mol. The fourth-order valence-corrected chi connectivity index (χ4v) is 3.39. The lowest BCUT2D eigenvalue weighted by molar-refractivity contribution is -0.120. The van der Waals surface area contributed by atoms with Crippen molar-refractivity contribution >= 4 is 16.9 Å². The van der Waals surface area contributed by atoms with Gasteiger partial charge in [-0.05, 0) is 55.7 Å². The summed E-state index contributed by atoms with van der Waals surface area (Å²) in [5.41, 5.74) is 2.96. The minimum absolute atomic E-state index is 0.0205. The van der Waals surface area contributed by atoms with E-state index in [2.05, 4.69) is 5.32 Å². The van der Waals surface area contributed by atoms with E-state index in [1.807, 2.05) is 50.2 Å². The summed E-state index contributed by atoms with van der Waals surface area (Å²) in [5.74, 6) is 1.22. The van der Waals surface area contributed by atoms with Gasteiger partial charge in [0.1, 0.15) is 17.1 Å². The Bertz CT molecular complexity index is 1100. The van der Waals surface area contributed by atoms with Gasteiger partial charge in [0, 0.05) is 17.5 Å². The Kier molecular flexibility index (Phi) is 6.22. The van der Waals surface area contributed by atoms with Gasteiger partial charge in [0.15, 0.2) is 0 Å². The number of rotatable bonds is 7. The first kappa shape index (κ1) is 20.5. The summed E-state index contributed by atoms with van der Waals surface area (Å²) < 4.78 is 16.0. The number of ether oxygens (including phenoxy) is 2. The highest BCUT2D eigenvalue weighted by molar-refractivity contribution is 5.87. The SMILES string of the molecule is COc1cccc(CCNC(=O)Cc2c(C)c3ccc(OC)c(C)c3oc2=O)c1. The number of carbonyl (C=O) groups is 1. The molecule has 1 N–H and O–H groups in total. The highest BCUT2D eigenvalue weighted by Gasteiger charge is 2.17. The number of amides is 1. The van der Waals surface area contributed by atoms with Crippen LogP contribution < -0.4 is 20.4 Å². The molecule has 0 saturated heterocycles. The number of aryl methyl sites for hydroxylation is 2. The van der Waals surface area contributed by atoms with E-state index < -0.39 is 5.63 Å². The van der Waals surface area contributed by atoms with Gasteiger partial charge in [-0.1, -0.05) is 12.1 Å². The first-order valence-corrected chi connectivity index (χ1v) is 9.44. The average molecular weight is 395 g/mol. The van der Waals surface area contributed by atoms with E-state index in [1.54, 1.807) is 14.2 Å². The summed E-state index contributed by atoms with van der Waals surface area (Å²) in [5, 5.41) is 3.68. The van der Waals surface area contributed by atoms with Crippen LogP contribution in [-0.2, 0) is 17.6 Å². The molecule has 1 heterocycles. The van der Waals surface area contributed by atoms with E-state index >= 15 is 0 Å². The summed E-state index contributed by atoms with van der Waals surface area (Å²) in [6, 6.07) is 11.4. The molecule has 3 rings (SSSR count). The van der Waals surface area contributed by atoms with Crippen LogP contribution in [0, 0.1) is 13.8 Å². The third-order valence-electron chi connectivity index (χ3n) is 5.08. The van der Waals surface area contributed by atoms with Crippen molar-refractivity contribution in [3.63, 3.8) is 0 Å². The van der Waals surface area contributed by atoms with Crippen molar-refractivity contribution in [3.05, 3.63) is 69.1 Å². The van der Waals surface area contributed by atoms with Crippen molar-refractivity contribution in [2.45, 2.75) is 26.7 Å². The maximum atomic E-state index is 12.5. The van der Waals surface area contributed by atoms with Crippen LogP contribution in [0.1, 0.15) is 22.3 Å². The molecule has 2 aromatic carbocycles. The van der Waals surface area contributed by atoms with Gasteiger partial charge < -0.3 is 19.2 Å². The molecule has 0 saturated carbocycles. The van der Waals surface area contributed by atoms with Crippen molar-refractivity contribution < 1.29 is 18.7 Å². The number of carbonyl (C=O) groups excluding carboxylic acids is 1. The summed E-state index contributed by atoms with van der Waals surface area (Å²) in [4.78, 5) is 24.9. The molecule has 3 aromatic rings. The van der Waals surface area contributed by atoms with Gasteiger partial charge in [0.05, 0.1) is 26.2 Å². The Morgan fingerprint density at radius 3 is 2.59 bits per heavy atom. The van der Waals surface area contributed by atoms with E-state index in [0.717, 1.165) is 27.8 Å². The third kappa shape index (κ3) is 4.42. The monoisotopic (exact) mass is 395 g/mol. The van der Waals surface area contributed by atoms with Crippen LogP contribution in [0.25, 0.3) is 11.0 Å². The van der Waals surface area contributed by atoms with Gasteiger partial charge in [-0.25, -0.2) is 4.79 Å². The molecule has 6 nitrogen and oxygen atoms in total. The van der Waals surface area contributed by atoms with E-state index in [1.165, 1.54) is 0 Å². The topological polar surface area (TPSA) is 77.8 Å². The summed E-state index contributed by atoms with van der Waals surface area (Å²) in [6.07, 6.45) is 0.653. The van der Waals surface area contributed by atoms with E-state index in [0.29, 0.717) is 29.9 Å². The minimum atomic E-state index is -0.491. The zero-order valence-electron chi connectivity index (χ0n) is 17.1. The molecule has 1 amide bonds. The Balaban J connectivity index is 1.72. The second kappa shape index (κ2) is 8.82. The highest BCUT2D eigenvalue weighted by Crippen LogP contribution is 2.29. The Morgan fingerprint density at radius 1 is 1.07 bits per heavy atom. The first-order chi connectivity index (χ1) is 13.9. The van der Waals surface area contributed by atoms with Gasteiger partial charge in [-0.2, -0.15) is 0 Å². The molecule has 0 aliphatic carbocycles. The zero-order chi connectivity index (χ0) is 21.0. The van der Waals surface area contributed by atoms with Crippen LogP contribution in [0.5, 0.6) is 11.5 Å². The number of hydrogen-bond donors (Lipinski definition) is 1. The molecule has 0 radical (unpaired) electrons. The lowest BCUT2D eigenvalue weighted by atomic mass is 10.0. The summed E-state index contributed by atoms with van der Waals surface area (Å²) in [7, 11) is 3.19. The largest absolute Gasteiger partial charge is 0.497 e. The van der Waals surface area contributed by atoms with Crippen molar-refractivity contribution in [3.8, 4) is 11.5 Å². The third-order valence-corrected chi connectivity index (χ3v) is 5.08. The average Bonchev–Trinajstić information content (AvgIpc) is 2.72. The molecule has 152 valence electrons. The van der Waals surface area contributed by atoms with Crippen LogP contribution in [0.2, 0.25) is 0 Å².